The molecule has 0 bridgehead atoms. The van der Waals surface area contributed by atoms with E-state index in [1.54, 1.807) is 60.5 Å². The van der Waals surface area contributed by atoms with Gasteiger partial charge in [-0.2, -0.15) is 0 Å². The Morgan fingerprint density at radius 3 is 2.39 bits per heavy atom. The molecule has 0 saturated carbocycles. The van der Waals surface area contributed by atoms with Crippen LogP contribution in [0.1, 0.15) is 27.6 Å². The number of rotatable bonds is 3. The van der Waals surface area contributed by atoms with Crippen LogP contribution < -0.4 is 5.32 Å². The molecule has 1 aliphatic rings. The van der Waals surface area contributed by atoms with E-state index < -0.39 is 6.09 Å². The van der Waals surface area contributed by atoms with Gasteiger partial charge in [0.1, 0.15) is 0 Å². The predicted molar refractivity (Wildman–Crippen MR) is 126 cm³/mol. The molecule has 2 aromatic carbocycles. The quantitative estimate of drug-likeness (QED) is 0.612. The van der Waals surface area contributed by atoms with Crippen molar-refractivity contribution in [2.45, 2.75) is 13.0 Å². The summed E-state index contributed by atoms with van der Waals surface area (Å²) in [6.07, 6.45) is -0.977. The van der Waals surface area contributed by atoms with Gasteiger partial charge in [0.05, 0.1) is 16.2 Å². The zero-order valence-corrected chi connectivity index (χ0v) is 19.0. The van der Waals surface area contributed by atoms with Crippen LogP contribution in [0.4, 0.5) is 4.79 Å². The zero-order chi connectivity index (χ0) is 23.7. The minimum absolute atomic E-state index is 0.173. The van der Waals surface area contributed by atoms with Crippen molar-refractivity contribution in [1.82, 2.24) is 20.1 Å². The summed E-state index contributed by atoms with van der Waals surface area (Å²) in [5, 5.41) is 13.0. The predicted octanol–water partition coefficient (Wildman–Crippen LogP) is 3.74. The smallest absolute Gasteiger partial charge is 0.407 e. The first-order chi connectivity index (χ1) is 15.8. The standard InChI is InChI=1S/C24H23ClN4O4/c1-14-13-28(24(32)33)9-10-29(14)23(31)17-7-8-18-19(25)12-20(27-21(18)11-17)15-3-5-16(6-4-15)22(30)26-2/h3-8,11-12,14H,9-10,13H2,1-2H3,(H,26,30)(H,32,33)/t14-/m0/s1. The number of pyridine rings is 1. The van der Waals surface area contributed by atoms with E-state index in [0.717, 1.165) is 10.9 Å². The van der Waals surface area contributed by atoms with Crippen LogP contribution in [0.15, 0.2) is 48.5 Å². The van der Waals surface area contributed by atoms with Gasteiger partial charge in [-0.25, -0.2) is 9.78 Å². The van der Waals surface area contributed by atoms with Crippen molar-refractivity contribution in [3.05, 3.63) is 64.7 Å². The molecule has 2 N–H and O–H groups in total. The van der Waals surface area contributed by atoms with E-state index in [1.807, 2.05) is 6.92 Å². The molecule has 0 spiro atoms. The first-order valence-electron chi connectivity index (χ1n) is 10.5. The summed E-state index contributed by atoms with van der Waals surface area (Å²) in [5.74, 6) is -0.347. The number of carboxylic acid groups (broad SMARTS) is 1. The molecule has 33 heavy (non-hydrogen) atoms. The van der Waals surface area contributed by atoms with Crippen molar-refractivity contribution in [3.8, 4) is 11.3 Å². The maximum atomic E-state index is 13.2. The number of nitrogens with one attached hydrogen (secondary N) is 1. The Bertz CT molecular complexity index is 1250. The Morgan fingerprint density at radius 1 is 1.06 bits per heavy atom. The Balaban J connectivity index is 1.64. The second-order valence-corrected chi connectivity index (χ2v) is 8.36. The maximum Gasteiger partial charge on any atom is 0.407 e. The van der Waals surface area contributed by atoms with Crippen molar-refractivity contribution in [2.24, 2.45) is 0 Å². The van der Waals surface area contributed by atoms with Gasteiger partial charge >= 0.3 is 6.09 Å². The molecule has 1 atom stereocenters. The molecule has 0 unspecified atom stereocenters. The summed E-state index contributed by atoms with van der Waals surface area (Å²) in [6, 6.07) is 13.7. The van der Waals surface area contributed by atoms with Crippen LogP contribution >= 0.6 is 11.6 Å². The second-order valence-electron chi connectivity index (χ2n) is 7.95. The Hall–Kier alpha value is -3.65. The van der Waals surface area contributed by atoms with E-state index >= 15 is 0 Å². The number of amides is 3. The number of carbonyl (C=O) groups is 3. The number of carbonyl (C=O) groups excluding carboxylic acids is 2. The van der Waals surface area contributed by atoms with Crippen LogP contribution in [0, 0.1) is 0 Å². The molecule has 1 aromatic heterocycles. The van der Waals surface area contributed by atoms with Crippen molar-refractivity contribution >= 4 is 40.4 Å². The van der Waals surface area contributed by atoms with Crippen molar-refractivity contribution in [1.29, 1.82) is 0 Å². The first kappa shape index (κ1) is 22.5. The SMILES string of the molecule is CNC(=O)c1ccc(-c2cc(Cl)c3ccc(C(=O)N4CCN(C(=O)O)C[C@@H]4C)cc3n2)cc1. The number of aromatic nitrogens is 1. The van der Waals surface area contributed by atoms with E-state index in [4.69, 9.17) is 16.6 Å². The lowest BCUT2D eigenvalue weighted by Crippen LogP contribution is -2.55. The van der Waals surface area contributed by atoms with Crippen molar-refractivity contribution in [2.75, 3.05) is 26.7 Å². The number of hydrogen-bond acceptors (Lipinski definition) is 4. The Kier molecular flexibility index (Phi) is 6.20. The fourth-order valence-corrected chi connectivity index (χ4v) is 4.27. The molecular weight excluding hydrogens is 444 g/mol. The summed E-state index contributed by atoms with van der Waals surface area (Å²) in [4.78, 5) is 43.9. The molecule has 1 aliphatic heterocycles. The lowest BCUT2D eigenvalue weighted by molar-refractivity contribution is 0.0484. The van der Waals surface area contributed by atoms with Crippen LogP contribution in [0.25, 0.3) is 22.2 Å². The van der Waals surface area contributed by atoms with Gasteiger partial charge in [0.25, 0.3) is 11.8 Å². The van der Waals surface area contributed by atoms with Gasteiger partial charge in [-0.15, -0.1) is 0 Å². The highest BCUT2D eigenvalue weighted by atomic mass is 35.5. The minimum Gasteiger partial charge on any atom is -0.465 e. The summed E-state index contributed by atoms with van der Waals surface area (Å²) in [6.45, 7) is 2.72. The van der Waals surface area contributed by atoms with Gasteiger partial charge in [0.2, 0.25) is 0 Å². The van der Waals surface area contributed by atoms with E-state index in [-0.39, 0.29) is 30.9 Å². The Labute approximate surface area is 195 Å². The van der Waals surface area contributed by atoms with Crippen LogP contribution in [-0.2, 0) is 0 Å². The third-order valence-electron chi connectivity index (χ3n) is 5.84. The van der Waals surface area contributed by atoms with Gasteiger partial charge in [0, 0.05) is 54.8 Å². The highest BCUT2D eigenvalue weighted by molar-refractivity contribution is 6.35. The van der Waals surface area contributed by atoms with Crippen molar-refractivity contribution in [3.63, 3.8) is 0 Å². The van der Waals surface area contributed by atoms with E-state index in [0.29, 0.717) is 33.9 Å². The highest BCUT2D eigenvalue weighted by Gasteiger charge is 2.30. The fraction of sp³-hybridized carbons (Fsp3) is 0.250. The largest absolute Gasteiger partial charge is 0.465 e. The minimum atomic E-state index is -0.977. The van der Waals surface area contributed by atoms with Crippen LogP contribution in [-0.4, -0.2) is 70.5 Å². The molecule has 1 saturated heterocycles. The molecule has 9 heteroatoms. The lowest BCUT2D eigenvalue weighted by atomic mass is 10.0. The summed E-state index contributed by atoms with van der Waals surface area (Å²) >= 11 is 6.51. The van der Waals surface area contributed by atoms with Crippen LogP contribution in [0.2, 0.25) is 5.02 Å². The third kappa shape index (κ3) is 4.47. The number of fused-ring (bicyclic) bond motifs is 1. The molecule has 0 radical (unpaired) electrons. The molecule has 0 aliphatic carbocycles. The number of benzene rings is 2. The van der Waals surface area contributed by atoms with E-state index in [9.17, 15) is 19.5 Å². The van der Waals surface area contributed by atoms with Gasteiger partial charge in [0.15, 0.2) is 0 Å². The summed E-state index contributed by atoms with van der Waals surface area (Å²) in [5.41, 5.74) is 3.01. The average Bonchev–Trinajstić information content (AvgIpc) is 2.82. The van der Waals surface area contributed by atoms with E-state index in [1.165, 1.54) is 4.90 Å². The normalized spacial score (nSPS) is 16.0. The summed E-state index contributed by atoms with van der Waals surface area (Å²) < 4.78 is 0. The van der Waals surface area contributed by atoms with Crippen LogP contribution in [0.3, 0.4) is 0 Å². The van der Waals surface area contributed by atoms with Gasteiger partial charge in [-0.3, -0.25) is 9.59 Å². The monoisotopic (exact) mass is 466 g/mol. The van der Waals surface area contributed by atoms with Gasteiger partial charge in [-0.05, 0) is 37.3 Å². The maximum absolute atomic E-state index is 13.2. The van der Waals surface area contributed by atoms with E-state index in [2.05, 4.69) is 5.32 Å². The second kappa shape index (κ2) is 9.07. The molecular formula is C24H23ClN4O4. The van der Waals surface area contributed by atoms with Gasteiger partial charge in [-0.1, -0.05) is 29.8 Å². The lowest BCUT2D eigenvalue weighted by Gasteiger charge is -2.38. The number of nitrogens with zero attached hydrogens (tertiary/aromatic N) is 3. The number of piperazine rings is 1. The molecule has 1 fully saturated rings. The van der Waals surface area contributed by atoms with Crippen molar-refractivity contribution < 1.29 is 19.5 Å². The molecule has 3 amide bonds. The number of hydrogen-bond donors (Lipinski definition) is 2. The molecule has 4 rings (SSSR count). The molecule has 8 nitrogen and oxygen atoms in total. The zero-order valence-electron chi connectivity index (χ0n) is 18.2. The van der Waals surface area contributed by atoms with Crippen LogP contribution in [0.5, 0.6) is 0 Å². The first-order valence-corrected chi connectivity index (χ1v) is 10.9. The highest BCUT2D eigenvalue weighted by Crippen LogP contribution is 2.29. The Morgan fingerprint density at radius 2 is 1.76 bits per heavy atom. The summed E-state index contributed by atoms with van der Waals surface area (Å²) in [7, 11) is 1.58. The number of halogens is 1. The third-order valence-corrected chi connectivity index (χ3v) is 6.15. The van der Waals surface area contributed by atoms with Gasteiger partial charge < -0.3 is 20.2 Å². The molecule has 3 aromatic rings. The topological polar surface area (TPSA) is 103 Å². The molecule has 2 heterocycles. The molecule has 170 valence electrons. The average molecular weight is 467 g/mol. The fourth-order valence-electron chi connectivity index (χ4n) is 4.00.